The normalized spacial score (nSPS) is 11.0. The van der Waals surface area contributed by atoms with Crippen LogP contribution in [0.2, 0.25) is 0 Å². The molecule has 0 aliphatic carbocycles. The maximum atomic E-state index is 11.0. The average molecular weight is 349 g/mol. The minimum atomic E-state index is -0.509. The number of nitrogens with one attached hydrogen (secondary N) is 1. The number of fused-ring (bicyclic) bond motifs is 1. The number of aryl methyl sites for hydroxylation is 1. The van der Waals surface area contributed by atoms with Gasteiger partial charge in [-0.15, -0.1) is 0 Å². The quantitative estimate of drug-likeness (QED) is 0.439. The maximum Gasteiger partial charge on any atom is 0.368 e. The zero-order chi connectivity index (χ0) is 18.1. The first-order chi connectivity index (χ1) is 12.6. The van der Waals surface area contributed by atoms with Crippen LogP contribution in [0.25, 0.3) is 16.9 Å². The van der Waals surface area contributed by atoms with Crippen molar-refractivity contribution in [2.24, 2.45) is 7.05 Å². The Labute approximate surface area is 148 Å². The summed E-state index contributed by atoms with van der Waals surface area (Å²) < 4.78 is 2.97. The van der Waals surface area contributed by atoms with Crippen LogP contribution in [0.15, 0.2) is 54.9 Å². The lowest BCUT2D eigenvalue weighted by atomic mass is 10.1. The molecule has 0 amide bonds. The van der Waals surface area contributed by atoms with E-state index in [1.54, 1.807) is 16.8 Å². The van der Waals surface area contributed by atoms with Crippen molar-refractivity contribution in [1.29, 1.82) is 0 Å². The molecule has 4 rings (SSSR count). The second-order valence-corrected chi connectivity index (χ2v) is 5.76. The van der Waals surface area contributed by atoms with E-state index in [1.807, 2.05) is 43.6 Å². The molecule has 0 unspecified atom stereocenters. The third-order valence-electron chi connectivity index (χ3n) is 3.94. The molecule has 3 aromatic heterocycles. The topological polar surface area (TPSA) is 103 Å². The van der Waals surface area contributed by atoms with Crippen molar-refractivity contribution in [2.45, 2.75) is 6.54 Å². The molecule has 0 aliphatic rings. The minimum absolute atomic E-state index is 0.171. The summed E-state index contributed by atoms with van der Waals surface area (Å²) in [5, 5.41) is 23.0. The highest BCUT2D eigenvalue weighted by molar-refractivity contribution is 5.63. The number of aromatic nitrogens is 5. The first-order valence-electron chi connectivity index (χ1n) is 7.93. The van der Waals surface area contributed by atoms with E-state index in [2.05, 4.69) is 20.5 Å². The molecule has 9 nitrogen and oxygen atoms in total. The van der Waals surface area contributed by atoms with Crippen LogP contribution in [-0.2, 0) is 13.6 Å². The fraction of sp³-hybridized carbons (Fsp3) is 0.118. The summed E-state index contributed by atoms with van der Waals surface area (Å²) in [6.45, 7) is 0.485. The Hall–Kier alpha value is -3.75. The molecule has 0 atom stereocenters. The molecule has 1 N–H and O–H groups in total. The van der Waals surface area contributed by atoms with E-state index < -0.39 is 4.92 Å². The van der Waals surface area contributed by atoms with E-state index in [1.165, 1.54) is 10.7 Å². The predicted molar refractivity (Wildman–Crippen MR) is 95.6 cm³/mol. The number of hydrogen-bond donors (Lipinski definition) is 1. The second kappa shape index (κ2) is 6.28. The van der Waals surface area contributed by atoms with Crippen LogP contribution in [-0.4, -0.2) is 29.3 Å². The van der Waals surface area contributed by atoms with Gasteiger partial charge in [0.05, 0.1) is 5.69 Å². The van der Waals surface area contributed by atoms with Crippen LogP contribution < -0.4 is 5.32 Å². The molecule has 0 radical (unpaired) electrons. The summed E-state index contributed by atoms with van der Waals surface area (Å²) >= 11 is 0. The van der Waals surface area contributed by atoms with Crippen LogP contribution in [0, 0.1) is 10.1 Å². The summed E-state index contributed by atoms with van der Waals surface area (Å²) in [6.07, 6.45) is 3.13. The van der Waals surface area contributed by atoms with Crippen molar-refractivity contribution in [3.63, 3.8) is 0 Å². The Bertz CT molecular complexity index is 1090. The summed E-state index contributed by atoms with van der Waals surface area (Å²) in [5.74, 6) is 0.344. The van der Waals surface area contributed by atoms with Gasteiger partial charge in [-0.05, 0) is 11.0 Å². The molecule has 130 valence electrons. The molecule has 9 heteroatoms. The Morgan fingerprint density at radius 1 is 1.15 bits per heavy atom. The van der Waals surface area contributed by atoms with Crippen molar-refractivity contribution in [3.8, 4) is 11.3 Å². The molecule has 26 heavy (non-hydrogen) atoms. The Morgan fingerprint density at radius 3 is 2.73 bits per heavy atom. The molecule has 0 fully saturated rings. The van der Waals surface area contributed by atoms with E-state index in [4.69, 9.17) is 0 Å². The fourth-order valence-electron chi connectivity index (χ4n) is 2.77. The van der Waals surface area contributed by atoms with Crippen LogP contribution >= 0.6 is 0 Å². The number of rotatable bonds is 5. The lowest BCUT2D eigenvalue weighted by Gasteiger charge is -2.05. The molecule has 0 saturated heterocycles. The summed E-state index contributed by atoms with van der Waals surface area (Å²) in [6, 6.07) is 13.3. The van der Waals surface area contributed by atoms with E-state index in [0.29, 0.717) is 18.0 Å². The number of anilines is 1. The third-order valence-corrected chi connectivity index (χ3v) is 3.94. The molecule has 0 spiro atoms. The van der Waals surface area contributed by atoms with E-state index >= 15 is 0 Å². The predicted octanol–water partition coefficient (Wildman–Crippen LogP) is 2.65. The van der Waals surface area contributed by atoms with Gasteiger partial charge < -0.3 is 15.4 Å². The lowest BCUT2D eigenvalue weighted by Crippen LogP contribution is -2.05. The van der Waals surface area contributed by atoms with Crippen LogP contribution in [0.3, 0.4) is 0 Å². The summed E-state index contributed by atoms with van der Waals surface area (Å²) in [7, 11) is 1.87. The first kappa shape index (κ1) is 15.8. The molecular formula is C17H15N7O2. The van der Waals surface area contributed by atoms with Crippen molar-refractivity contribution >= 4 is 17.3 Å². The van der Waals surface area contributed by atoms with Gasteiger partial charge in [0.1, 0.15) is 6.20 Å². The molecule has 1 aromatic carbocycles. The van der Waals surface area contributed by atoms with Gasteiger partial charge in [-0.1, -0.05) is 39.9 Å². The van der Waals surface area contributed by atoms with Gasteiger partial charge >= 0.3 is 5.82 Å². The van der Waals surface area contributed by atoms with Crippen molar-refractivity contribution in [3.05, 3.63) is 70.5 Å². The molecular weight excluding hydrogens is 334 g/mol. The minimum Gasteiger partial charge on any atom is -0.363 e. The highest BCUT2D eigenvalue weighted by atomic mass is 16.6. The average Bonchev–Trinajstić information content (AvgIpc) is 3.23. The van der Waals surface area contributed by atoms with E-state index in [9.17, 15) is 10.1 Å². The van der Waals surface area contributed by atoms with Crippen LogP contribution in [0.4, 0.5) is 11.6 Å². The van der Waals surface area contributed by atoms with E-state index in [-0.39, 0.29) is 5.82 Å². The Balaban J connectivity index is 1.61. The Morgan fingerprint density at radius 2 is 1.96 bits per heavy atom. The van der Waals surface area contributed by atoms with Gasteiger partial charge in [0.2, 0.25) is 5.65 Å². The number of nitro groups is 1. The highest BCUT2D eigenvalue weighted by Crippen LogP contribution is 2.22. The first-order valence-corrected chi connectivity index (χ1v) is 7.93. The third kappa shape index (κ3) is 2.86. The lowest BCUT2D eigenvalue weighted by molar-refractivity contribution is -0.391. The largest absolute Gasteiger partial charge is 0.368 e. The molecule has 0 bridgehead atoms. The SMILES string of the molecule is Cn1cc(CNc2ccc3ncc([N+](=O)[O-])n3n2)c(-c2ccccc2)n1. The fourth-order valence-corrected chi connectivity index (χ4v) is 2.77. The Kier molecular flexibility index (Phi) is 3.81. The number of benzene rings is 1. The monoisotopic (exact) mass is 349 g/mol. The molecule has 0 aliphatic heterocycles. The summed E-state index contributed by atoms with van der Waals surface area (Å²) in [5.41, 5.74) is 3.34. The van der Waals surface area contributed by atoms with E-state index in [0.717, 1.165) is 16.8 Å². The molecule has 4 aromatic rings. The van der Waals surface area contributed by atoms with Gasteiger partial charge in [-0.25, -0.2) is 4.98 Å². The number of nitrogens with zero attached hydrogens (tertiary/aromatic N) is 6. The van der Waals surface area contributed by atoms with Gasteiger partial charge in [-0.3, -0.25) is 4.68 Å². The molecule has 3 heterocycles. The smallest absolute Gasteiger partial charge is 0.363 e. The van der Waals surface area contributed by atoms with Crippen LogP contribution in [0.1, 0.15) is 5.56 Å². The zero-order valence-corrected chi connectivity index (χ0v) is 13.9. The van der Waals surface area contributed by atoms with Crippen molar-refractivity contribution < 1.29 is 4.92 Å². The van der Waals surface area contributed by atoms with Gasteiger partial charge in [0, 0.05) is 37.0 Å². The second-order valence-electron chi connectivity index (χ2n) is 5.76. The maximum absolute atomic E-state index is 11.0. The standard InChI is InChI=1S/C17H15N7O2/c1-22-11-13(17(21-22)12-5-3-2-4-6-12)9-18-14-7-8-15-19-10-16(24(25)26)23(15)20-14/h2-8,10-11H,9H2,1H3,(H,18,20). The van der Waals surface area contributed by atoms with Gasteiger partial charge in [0.15, 0.2) is 5.82 Å². The zero-order valence-electron chi connectivity index (χ0n) is 13.9. The van der Waals surface area contributed by atoms with Gasteiger partial charge in [0.25, 0.3) is 0 Å². The number of hydrogen-bond acceptors (Lipinski definition) is 6. The summed E-state index contributed by atoms with van der Waals surface area (Å²) in [4.78, 5) is 14.5. The van der Waals surface area contributed by atoms with Crippen LogP contribution in [0.5, 0.6) is 0 Å². The van der Waals surface area contributed by atoms with Crippen molar-refractivity contribution in [2.75, 3.05) is 5.32 Å². The van der Waals surface area contributed by atoms with Crippen molar-refractivity contribution in [1.82, 2.24) is 24.4 Å². The molecule has 0 saturated carbocycles. The van der Waals surface area contributed by atoms with Gasteiger partial charge in [-0.2, -0.15) is 5.10 Å². The highest BCUT2D eigenvalue weighted by Gasteiger charge is 2.16. The number of imidazole rings is 1.